The van der Waals surface area contributed by atoms with E-state index in [4.69, 9.17) is 0 Å². The van der Waals surface area contributed by atoms with Gasteiger partial charge < -0.3 is 4.90 Å². The van der Waals surface area contributed by atoms with E-state index in [-0.39, 0.29) is 10.8 Å². The van der Waals surface area contributed by atoms with Crippen molar-refractivity contribution in [3.63, 3.8) is 0 Å². The summed E-state index contributed by atoms with van der Waals surface area (Å²) in [5.41, 5.74) is 6.17. The first-order valence-corrected chi connectivity index (χ1v) is 12.7. The van der Waals surface area contributed by atoms with Crippen LogP contribution in [0.1, 0.15) is 85.1 Å². The molecule has 0 bridgehead atoms. The largest absolute Gasteiger partial charge is 0.344 e. The van der Waals surface area contributed by atoms with E-state index in [1.807, 2.05) is 0 Å². The molecular formula is C29H43N2+. The molecular weight excluding hydrogens is 376 g/mol. The topological polar surface area (TPSA) is 6.25 Å². The van der Waals surface area contributed by atoms with Gasteiger partial charge in [0.05, 0.1) is 5.41 Å². The molecule has 0 unspecified atom stereocenters. The molecule has 0 amide bonds. The minimum absolute atomic E-state index is 0.0502. The molecule has 2 nitrogen and oxygen atoms in total. The third-order valence-electron chi connectivity index (χ3n) is 8.20. The average Bonchev–Trinajstić information content (AvgIpc) is 3.41. The highest BCUT2D eigenvalue weighted by Gasteiger charge is 2.40. The van der Waals surface area contributed by atoms with Crippen LogP contribution < -0.4 is 4.90 Å². The average molecular weight is 420 g/mol. The van der Waals surface area contributed by atoms with Crippen LogP contribution in [-0.4, -0.2) is 29.9 Å². The Morgan fingerprint density at radius 2 is 1.84 bits per heavy atom. The highest BCUT2D eigenvalue weighted by Crippen LogP contribution is 2.47. The van der Waals surface area contributed by atoms with Gasteiger partial charge >= 0.3 is 0 Å². The molecule has 1 aromatic rings. The van der Waals surface area contributed by atoms with Gasteiger partial charge in [0, 0.05) is 35.8 Å². The summed E-state index contributed by atoms with van der Waals surface area (Å²) in [4.78, 5) is 2.62. The zero-order valence-electron chi connectivity index (χ0n) is 20.6. The molecule has 0 spiro atoms. The molecule has 0 saturated heterocycles. The van der Waals surface area contributed by atoms with Crippen LogP contribution in [0.15, 0.2) is 48.2 Å². The minimum atomic E-state index is 0.0502. The van der Waals surface area contributed by atoms with Crippen molar-refractivity contribution in [3.05, 3.63) is 53.8 Å². The predicted molar refractivity (Wildman–Crippen MR) is 134 cm³/mol. The third kappa shape index (κ3) is 4.41. The lowest BCUT2D eigenvalue weighted by molar-refractivity contribution is -0.515. The van der Waals surface area contributed by atoms with Crippen molar-refractivity contribution in [1.29, 1.82) is 0 Å². The second-order valence-corrected chi connectivity index (χ2v) is 11.1. The van der Waals surface area contributed by atoms with Gasteiger partial charge in [-0.3, -0.25) is 0 Å². The van der Waals surface area contributed by atoms with Gasteiger partial charge in [-0.1, -0.05) is 63.8 Å². The molecule has 0 radical (unpaired) electrons. The van der Waals surface area contributed by atoms with Crippen molar-refractivity contribution in [2.24, 2.45) is 11.3 Å². The van der Waals surface area contributed by atoms with E-state index in [0.717, 1.165) is 19.0 Å². The maximum Gasteiger partial charge on any atom is 0.181 e. The van der Waals surface area contributed by atoms with Crippen molar-refractivity contribution in [2.75, 3.05) is 24.5 Å². The molecule has 1 saturated carbocycles. The molecule has 31 heavy (non-hydrogen) atoms. The van der Waals surface area contributed by atoms with Gasteiger partial charge in [-0.25, -0.2) is 4.58 Å². The predicted octanol–water partition coefficient (Wildman–Crippen LogP) is 7.10. The van der Waals surface area contributed by atoms with Crippen LogP contribution in [0.5, 0.6) is 0 Å². The van der Waals surface area contributed by atoms with Crippen LogP contribution in [0.2, 0.25) is 0 Å². The number of rotatable bonds is 7. The number of allylic oxidation sites excluding steroid dienone is 4. The molecule has 2 aliphatic heterocycles. The maximum atomic E-state index is 2.62. The second kappa shape index (κ2) is 8.96. The fourth-order valence-electron chi connectivity index (χ4n) is 6.20. The lowest BCUT2D eigenvalue weighted by Gasteiger charge is -2.27. The van der Waals surface area contributed by atoms with Gasteiger partial charge in [0.2, 0.25) is 0 Å². The quantitative estimate of drug-likeness (QED) is 0.427. The van der Waals surface area contributed by atoms with Gasteiger partial charge in [0.15, 0.2) is 5.71 Å². The Labute approximate surface area is 190 Å². The Hall–Kier alpha value is -1.83. The number of hydrogen-bond acceptors (Lipinski definition) is 1. The zero-order valence-corrected chi connectivity index (χ0v) is 20.6. The summed E-state index contributed by atoms with van der Waals surface area (Å²) in [6, 6.07) is 9.06. The maximum absolute atomic E-state index is 2.62. The van der Waals surface area contributed by atoms with E-state index in [0.29, 0.717) is 0 Å². The van der Waals surface area contributed by atoms with E-state index in [9.17, 15) is 0 Å². The summed E-state index contributed by atoms with van der Waals surface area (Å²) in [6.07, 6.45) is 16.9. The Bertz CT molecular complexity index is 878. The van der Waals surface area contributed by atoms with Gasteiger partial charge in [-0.15, -0.1) is 0 Å². The zero-order chi connectivity index (χ0) is 22.1. The van der Waals surface area contributed by atoms with E-state index in [1.165, 1.54) is 74.2 Å². The Morgan fingerprint density at radius 1 is 1.10 bits per heavy atom. The van der Waals surface area contributed by atoms with Crippen LogP contribution >= 0.6 is 0 Å². The van der Waals surface area contributed by atoms with Crippen molar-refractivity contribution >= 4 is 11.4 Å². The van der Waals surface area contributed by atoms with Crippen LogP contribution in [0.4, 0.5) is 5.69 Å². The SMILES string of the molecule is CC[N+]1=C(/C=C/C=C2/N(CCCC3CCCC3)c3ccccc3C2(C)C)C(C)(C)CC1. The summed E-state index contributed by atoms with van der Waals surface area (Å²) in [6.45, 7) is 15.3. The minimum Gasteiger partial charge on any atom is -0.344 e. The Morgan fingerprint density at radius 3 is 2.58 bits per heavy atom. The number of benzene rings is 1. The van der Waals surface area contributed by atoms with Gasteiger partial charge in [0.1, 0.15) is 13.1 Å². The molecule has 0 atom stereocenters. The van der Waals surface area contributed by atoms with Gasteiger partial charge in [-0.05, 0) is 57.2 Å². The number of nitrogens with zero attached hydrogens (tertiary/aromatic N) is 2. The molecule has 168 valence electrons. The summed E-state index contributed by atoms with van der Waals surface area (Å²) >= 11 is 0. The highest BCUT2D eigenvalue weighted by molar-refractivity contribution is 5.96. The molecule has 1 aromatic carbocycles. The lowest BCUT2D eigenvalue weighted by Crippen LogP contribution is -2.27. The van der Waals surface area contributed by atoms with Crippen LogP contribution in [-0.2, 0) is 5.41 Å². The van der Waals surface area contributed by atoms with E-state index < -0.39 is 0 Å². The molecule has 0 aromatic heterocycles. The molecule has 3 aliphatic rings. The van der Waals surface area contributed by atoms with E-state index in [2.05, 4.69) is 86.6 Å². The Balaban J connectivity index is 1.58. The number of hydrogen-bond donors (Lipinski definition) is 0. The lowest BCUT2D eigenvalue weighted by atomic mass is 9.83. The normalized spacial score (nSPS) is 24.2. The first-order chi connectivity index (χ1) is 14.8. The van der Waals surface area contributed by atoms with E-state index >= 15 is 0 Å². The number of fused-ring (bicyclic) bond motifs is 1. The second-order valence-electron chi connectivity index (χ2n) is 11.1. The molecule has 2 heterocycles. The molecule has 0 N–H and O–H groups in total. The summed E-state index contributed by atoms with van der Waals surface area (Å²) in [7, 11) is 0. The van der Waals surface area contributed by atoms with Crippen molar-refractivity contribution in [2.45, 2.75) is 85.0 Å². The summed E-state index contributed by atoms with van der Waals surface area (Å²) < 4.78 is 2.54. The molecule has 2 heteroatoms. The standard InChI is InChI=1S/C29H43N2/c1-6-30-22-20-28(2,3)26(30)18-11-19-27-29(4,5)24-16-9-10-17-25(24)31(27)21-12-15-23-13-7-8-14-23/h9-11,16-19,23H,6-8,12-15,20-22H2,1-5H3/q+1. The first-order valence-electron chi connectivity index (χ1n) is 12.7. The van der Waals surface area contributed by atoms with E-state index in [1.54, 1.807) is 0 Å². The summed E-state index contributed by atoms with van der Waals surface area (Å²) in [5, 5.41) is 0. The van der Waals surface area contributed by atoms with Crippen molar-refractivity contribution in [3.8, 4) is 0 Å². The van der Waals surface area contributed by atoms with Gasteiger partial charge in [-0.2, -0.15) is 0 Å². The third-order valence-corrected chi connectivity index (χ3v) is 8.20. The summed E-state index contributed by atoms with van der Waals surface area (Å²) in [5.74, 6) is 0.971. The molecule has 1 aliphatic carbocycles. The molecule has 4 rings (SSSR count). The van der Waals surface area contributed by atoms with Crippen molar-refractivity contribution < 1.29 is 4.58 Å². The molecule has 1 fully saturated rings. The van der Waals surface area contributed by atoms with Gasteiger partial charge in [0.25, 0.3) is 0 Å². The fourth-order valence-corrected chi connectivity index (χ4v) is 6.20. The fraction of sp³-hybridized carbons (Fsp3) is 0.621. The highest BCUT2D eigenvalue weighted by atomic mass is 15.2. The smallest absolute Gasteiger partial charge is 0.181 e. The van der Waals surface area contributed by atoms with Crippen molar-refractivity contribution in [1.82, 2.24) is 0 Å². The van der Waals surface area contributed by atoms with Crippen LogP contribution in [0, 0.1) is 11.3 Å². The number of anilines is 1. The monoisotopic (exact) mass is 419 g/mol. The Kier molecular flexibility index (Phi) is 6.47. The number of para-hydroxylation sites is 1. The first kappa shape index (κ1) is 22.4. The van der Waals surface area contributed by atoms with Crippen LogP contribution in [0.25, 0.3) is 0 Å². The van der Waals surface area contributed by atoms with Crippen LogP contribution in [0.3, 0.4) is 0 Å².